The van der Waals surface area contributed by atoms with Gasteiger partial charge in [0.1, 0.15) is 10.6 Å². The average molecular weight is 362 g/mol. The molecule has 6 nitrogen and oxygen atoms in total. The predicted octanol–water partition coefficient (Wildman–Crippen LogP) is 3.92. The molecule has 0 fully saturated rings. The van der Waals surface area contributed by atoms with Crippen molar-refractivity contribution in [1.82, 2.24) is 4.98 Å². The van der Waals surface area contributed by atoms with Gasteiger partial charge in [0.05, 0.1) is 18.9 Å². The lowest BCUT2D eigenvalue weighted by atomic mass is 10.2. The molecule has 1 aromatic heterocycles. The molecule has 7 heteroatoms. The van der Waals surface area contributed by atoms with Gasteiger partial charge in [0.25, 0.3) is 5.91 Å². The largest absolute Gasteiger partial charge is 0.493 e. The van der Waals surface area contributed by atoms with Crippen molar-refractivity contribution in [2.45, 2.75) is 27.7 Å². The van der Waals surface area contributed by atoms with E-state index in [2.05, 4.69) is 24.1 Å². The Morgan fingerprint density at radius 3 is 2.76 bits per heavy atom. The van der Waals surface area contributed by atoms with Crippen LogP contribution in [0.1, 0.15) is 46.5 Å². The molecule has 134 valence electrons. The topological polar surface area (TPSA) is 77.5 Å². The number of anilines is 1. The SMILES string of the molecule is CCOC(=O)c1sc(NC(=O)c2cccc(OCC(C)C)c2)nc1C. The molecule has 0 aliphatic carbocycles. The quantitative estimate of drug-likeness (QED) is 0.756. The molecular formula is C18H22N2O4S. The van der Waals surface area contributed by atoms with Crippen LogP contribution in [0, 0.1) is 12.8 Å². The smallest absolute Gasteiger partial charge is 0.350 e. The fourth-order valence-electron chi connectivity index (χ4n) is 2.00. The summed E-state index contributed by atoms with van der Waals surface area (Å²) in [6.45, 7) is 8.44. The maximum atomic E-state index is 12.4. The number of carbonyl (C=O) groups excluding carboxylic acids is 2. The number of aromatic nitrogens is 1. The third-order valence-electron chi connectivity index (χ3n) is 3.16. The Morgan fingerprint density at radius 1 is 1.32 bits per heavy atom. The molecule has 0 aliphatic rings. The van der Waals surface area contributed by atoms with E-state index in [1.165, 1.54) is 0 Å². The average Bonchev–Trinajstić information content (AvgIpc) is 2.94. The number of nitrogens with zero attached hydrogens (tertiary/aromatic N) is 1. The molecule has 0 aliphatic heterocycles. The van der Waals surface area contributed by atoms with Crippen LogP contribution in [0.2, 0.25) is 0 Å². The molecule has 0 saturated heterocycles. The van der Waals surface area contributed by atoms with Crippen LogP contribution in [0.3, 0.4) is 0 Å². The number of carbonyl (C=O) groups is 2. The molecule has 0 bridgehead atoms. The van der Waals surface area contributed by atoms with Crippen LogP contribution in [0.4, 0.5) is 5.13 Å². The molecule has 0 radical (unpaired) electrons. The van der Waals surface area contributed by atoms with E-state index in [9.17, 15) is 9.59 Å². The zero-order chi connectivity index (χ0) is 18.4. The summed E-state index contributed by atoms with van der Waals surface area (Å²) < 4.78 is 10.6. The molecule has 0 atom stereocenters. The lowest BCUT2D eigenvalue weighted by Gasteiger charge is -2.09. The number of esters is 1. The summed E-state index contributed by atoms with van der Waals surface area (Å²) in [5.74, 6) is 0.308. The summed E-state index contributed by atoms with van der Waals surface area (Å²) in [7, 11) is 0. The molecule has 1 aromatic carbocycles. The number of ether oxygens (including phenoxy) is 2. The zero-order valence-electron chi connectivity index (χ0n) is 14.8. The molecular weight excluding hydrogens is 340 g/mol. The monoisotopic (exact) mass is 362 g/mol. The maximum Gasteiger partial charge on any atom is 0.350 e. The maximum absolute atomic E-state index is 12.4. The summed E-state index contributed by atoms with van der Waals surface area (Å²) in [5.41, 5.74) is 1.000. The van der Waals surface area contributed by atoms with E-state index in [1.807, 2.05) is 6.07 Å². The molecule has 2 rings (SSSR count). The van der Waals surface area contributed by atoms with Crippen molar-refractivity contribution < 1.29 is 19.1 Å². The van der Waals surface area contributed by atoms with Crippen LogP contribution in [0.5, 0.6) is 5.75 Å². The molecule has 0 unspecified atom stereocenters. The molecule has 25 heavy (non-hydrogen) atoms. The number of aryl methyl sites for hydroxylation is 1. The third-order valence-corrected chi connectivity index (χ3v) is 4.21. The van der Waals surface area contributed by atoms with Gasteiger partial charge >= 0.3 is 5.97 Å². The zero-order valence-corrected chi connectivity index (χ0v) is 15.6. The highest BCUT2D eigenvalue weighted by Crippen LogP contribution is 2.24. The van der Waals surface area contributed by atoms with Gasteiger partial charge in [-0.05, 0) is 38.0 Å². The normalized spacial score (nSPS) is 10.6. The molecule has 1 amide bonds. The highest BCUT2D eigenvalue weighted by atomic mass is 32.1. The number of nitrogens with one attached hydrogen (secondary N) is 1. The molecule has 1 N–H and O–H groups in total. The fraction of sp³-hybridized carbons (Fsp3) is 0.389. The molecule has 0 spiro atoms. The number of thiazole rings is 1. The van der Waals surface area contributed by atoms with Gasteiger partial charge < -0.3 is 9.47 Å². The minimum atomic E-state index is -0.429. The van der Waals surface area contributed by atoms with Gasteiger partial charge in [-0.15, -0.1) is 0 Å². The summed E-state index contributed by atoms with van der Waals surface area (Å²) >= 11 is 1.10. The van der Waals surface area contributed by atoms with Gasteiger partial charge in [0, 0.05) is 5.56 Å². The Hall–Kier alpha value is -2.41. The molecule has 2 aromatic rings. The molecule has 0 saturated carbocycles. The standard InChI is InChI=1S/C18H22N2O4S/c1-5-23-17(22)15-12(4)19-18(25-15)20-16(21)13-7-6-8-14(9-13)24-10-11(2)3/h6-9,11H,5,10H2,1-4H3,(H,19,20,21). The predicted molar refractivity (Wildman–Crippen MR) is 97.5 cm³/mol. The first-order valence-corrected chi connectivity index (χ1v) is 8.91. The lowest BCUT2D eigenvalue weighted by Crippen LogP contribution is -2.12. The summed E-state index contributed by atoms with van der Waals surface area (Å²) in [6.07, 6.45) is 0. The second-order valence-corrected chi connectivity index (χ2v) is 6.84. The first kappa shape index (κ1) is 18.9. The number of hydrogen-bond donors (Lipinski definition) is 1. The highest BCUT2D eigenvalue weighted by Gasteiger charge is 2.18. The van der Waals surface area contributed by atoms with E-state index >= 15 is 0 Å². The van der Waals surface area contributed by atoms with Crippen molar-refractivity contribution in [2.75, 3.05) is 18.5 Å². The van der Waals surface area contributed by atoms with Crippen LogP contribution in [0.15, 0.2) is 24.3 Å². The van der Waals surface area contributed by atoms with E-state index in [0.29, 0.717) is 46.1 Å². The Labute approximate surface area is 151 Å². The van der Waals surface area contributed by atoms with Gasteiger partial charge in [0.15, 0.2) is 5.13 Å². The lowest BCUT2D eigenvalue weighted by molar-refractivity contribution is 0.0531. The van der Waals surface area contributed by atoms with Gasteiger partial charge in [-0.1, -0.05) is 31.3 Å². The van der Waals surface area contributed by atoms with Crippen molar-refractivity contribution in [1.29, 1.82) is 0 Å². The number of amides is 1. The van der Waals surface area contributed by atoms with Gasteiger partial charge in [-0.2, -0.15) is 0 Å². The van der Waals surface area contributed by atoms with Crippen molar-refractivity contribution in [3.8, 4) is 5.75 Å². The van der Waals surface area contributed by atoms with Crippen LogP contribution >= 0.6 is 11.3 Å². The van der Waals surface area contributed by atoms with Gasteiger partial charge in [0.2, 0.25) is 0 Å². The number of benzene rings is 1. The van der Waals surface area contributed by atoms with E-state index in [0.717, 1.165) is 11.3 Å². The van der Waals surface area contributed by atoms with Crippen molar-refractivity contribution >= 4 is 28.3 Å². The summed E-state index contributed by atoms with van der Waals surface area (Å²) in [6, 6.07) is 6.96. The van der Waals surface area contributed by atoms with Crippen molar-refractivity contribution in [3.63, 3.8) is 0 Å². The van der Waals surface area contributed by atoms with Crippen LogP contribution in [-0.2, 0) is 4.74 Å². The minimum Gasteiger partial charge on any atom is -0.493 e. The van der Waals surface area contributed by atoms with Crippen molar-refractivity contribution in [2.24, 2.45) is 5.92 Å². The fourth-order valence-corrected chi connectivity index (χ4v) is 2.85. The van der Waals surface area contributed by atoms with E-state index in [1.54, 1.807) is 32.0 Å². The minimum absolute atomic E-state index is 0.293. The third kappa shape index (κ3) is 5.29. The van der Waals surface area contributed by atoms with E-state index in [4.69, 9.17) is 9.47 Å². The van der Waals surface area contributed by atoms with Crippen LogP contribution in [-0.4, -0.2) is 30.1 Å². The Kier molecular flexibility index (Phi) is 6.52. The Morgan fingerprint density at radius 2 is 2.08 bits per heavy atom. The number of rotatable bonds is 7. The van der Waals surface area contributed by atoms with E-state index in [-0.39, 0.29) is 5.91 Å². The van der Waals surface area contributed by atoms with Crippen LogP contribution in [0.25, 0.3) is 0 Å². The first-order chi connectivity index (χ1) is 11.9. The Bertz CT molecular complexity index is 755. The van der Waals surface area contributed by atoms with Crippen LogP contribution < -0.4 is 10.1 Å². The summed E-state index contributed by atoms with van der Waals surface area (Å²) in [4.78, 5) is 28.8. The second-order valence-electron chi connectivity index (χ2n) is 5.84. The summed E-state index contributed by atoms with van der Waals surface area (Å²) in [5, 5.41) is 3.07. The second kappa shape index (κ2) is 8.62. The van der Waals surface area contributed by atoms with E-state index < -0.39 is 5.97 Å². The van der Waals surface area contributed by atoms with Crippen molar-refractivity contribution in [3.05, 3.63) is 40.4 Å². The first-order valence-electron chi connectivity index (χ1n) is 8.09. The molecule has 1 heterocycles. The van der Waals surface area contributed by atoms with Gasteiger partial charge in [-0.3, -0.25) is 10.1 Å². The highest BCUT2D eigenvalue weighted by molar-refractivity contribution is 7.17. The van der Waals surface area contributed by atoms with Gasteiger partial charge in [-0.25, -0.2) is 9.78 Å². The number of hydrogen-bond acceptors (Lipinski definition) is 6. The Balaban J connectivity index is 2.08.